The van der Waals surface area contributed by atoms with Gasteiger partial charge >= 0.3 is 6.03 Å². The van der Waals surface area contributed by atoms with Gasteiger partial charge in [0.25, 0.3) is 5.91 Å². The van der Waals surface area contributed by atoms with E-state index in [2.05, 4.69) is 5.32 Å². The van der Waals surface area contributed by atoms with Crippen LogP contribution in [-0.2, 0) is 16.9 Å². The fourth-order valence-electron chi connectivity index (χ4n) is 2.53. The van der Waals surface area contributed by atoms with Gasteiger partial charge in [0.15, 0.2) is 5.54 Å². The van der Waals surface area contributed by atoms with E-state index >= 15 is 0 Å². The third-order valence-electron chi connectivity index (χ3n) is 3.85. The average molecular weight is 337 g/mol. The van der Waals surface area contributed by atoms with Crippen molar-refractivity contribution < 1.29 is 18.4 Å². The summed E-state index contributed by atoms with van der Waals surface area (Å²) in [6, 6.07) is 6.65. The van der Waals surface area contributed by atoms with Gasteiger partial charge in [-0.3, -0.25) is 9.69 Å². The van der Waals surface area contributed by atoms with Gasteiger partial charge in [0.2, 0.25) is 0 Å². The smallest absolute Gasteiger partial charge is 0.325 e. The van der Waals surface area contributed by atoms with E-state index in [1.165, 1.54) is 12.1 Å². The van der Waals surface area contributed by atoms with E-state index in [1.807, 2.05) is 0 Å². The largest absolute Gasteiger partial charge is 0.463 e. The second-order valence-electron chi connectivity index (χ2n) is 5.59. The molecular formula is C16H14ClFN2O3. The summed E-state index contributed by atoms with van der Waals surface area (Å²) in [5.41, 5.74) is -0.783. The molecule has 0 spiro atoms. The predicted molar refractivity (Wildman–Crippen MR) is 81.3 cm³/mol. The maximum absolute atomic E-state index is 13.1. The SMILES string of the molecule is Cc1ccc(C2(C)NC(=O)N(Cc3ccc(F)cc3Cl)C2=O)o1. The topological polar surface area (TPSA) is 62.6 Å². The number of nitrogens with zero attached hydrogens (tertiary/aromatic N) is 1. The highest BCUT2D eigenvalue weighted by atomic mass is 35.5. The molecule has 120 valence electrons. The second kappa shape index (κ2) is 5.38. The molecule has 2 aromatic rings. The van der Waals surface area contributed by atoms with E-state index in [9.17, 15) is 14.0 Å². The van der Waals surface area contributed by atoms with Crippen molar-refractivity contribution in [3.63, 3.8) is 0 Å². The Balaban J connectivity index is 1.90. The molecule has 1 aliphatic heterocycles. The van der Waals surface area contributed by atoms with Gasteiger partial charge in [-0.25, -0.2) is 9.18 Å². The van der Waals surface area contributed by atoms with Crippen molar-refractivity contribution in [1.29, 1.82) is 0 Å². The summed E-state index contributed by atoms with van der Waals surface area (Å²) in [4.78, 5) is 25.9. The molecular weight excluding hydrogens is 323 g/mol. The zero-order valence-electron chi connectivity index (χ0n) is 12.5. The number of nitrogens with one attached hydrogen (secondary N) is 1. The van der Waals surface area contributed by atoms with E-state index in [4.69, 9.17) is 16.0 Å². The number of rotatable bonds is 3. The van der Waals surface area contributed by atoms with Crippen LogP contribution in [0.3, 0.4) is 0 Å². The summed E-state index contributed by atoms with van der Waals surface area (Å²) < 4.78 is 18.6. The lowest BCUT2D eigenvalue weighted by Crippen LogP contribution is -2.40. The van der Waals surface area contributed by atoms with Gasteiger partial charge in [-0.1, -0.05) is 17.7 Å². The van der Waals surface area contributed by atoms with Crippen LogP contribution in [0.4, 0.5) is 9.18 Å². The number of halogens is 2. The third-order valence-corrected chi connectivity index (χ3v) is 4.20. The van der Waals surface area contributed by atoms with Gasteiger partial charge in [-0.15, -0.1) is 0 Å². The van der Waals surface area contributed by atoms with Crippen LogP contribution in [0.2, 0.25) is 5.02 Å². The van der Waals surface area contributed by atoms with Crippen molar-refractivity contribution in [2.75, 3.05) is 0 Å². The van der Waals surface area contributed by atoms with Gasteiger partial charge in [0.1, 0.15) is 17.3 Å². The van der Waals surface area contributed by atoms with Gasteiger partial charge in [-0.05, 0) is 43.7 Å². The first-order chi connectivity index (χ1) is 10.8. The van der Waals surface area contributed by atoms with Crippen LogP contribution in [0.25, 0.3) is 0 Å². The lowest BCUT2D eigenvalue weighted by Gasteiger charge is -2.19. The van der Waals surface area contributed by atoms with Crippen molar-refractivity contribution in [3.05, 3.63) is 58.3 Å². The standard InChI is InChI=1S/C16H14ClFN2O3/c1-9-3-6-13(23-9)16(2)14(21)20(15(22)19-16)8-10-4-5-11(18)7-12(10)17/h3-7H,8H2,1-2H3,(H,19,22). The summed E-state index contributed by atoms with van der Waals surface area (Å²) in [5.74, 6) is 0.0773. The summed E-state index contributed by atoms with van der Waals surface area (Å²) in [6.07, 6.45) is 0. The minimum atomic E-state index is -1.27. The molecule has 1 N–H and O–H groups in total. The molecule has 1 saturated heterocycles. The van der Waals surface area contributed by atoms with Crippen LogP contribution in [0.5, 0.6) is 0 Å². The van der Waals surface area contributed by atoms with Crippen molar-refractivity contribution >= 4 is 23.5 Å². The number of benzene rings is 1. The maximum Gasteiger partial charge on any atom is 0.325 e. The zero-order valence-corrected chi connectivity index (χ0v) is 13.3. The molecule has 0 radical (unpaired) electrons. The Morgan fingerprint density at radius 2 is 2.04 bits per heavy atom. The molecule has 3 amide bonds. The van der Waals surface area contributed by atoms with Crippen molar-refractivity contribution in [2.24, 2.45) is 0 Å². The number of carbonyl (C=O) groups excluding carboxylic acids is 2. The normalized spacial score (nSPS) is 21.0. The Bertz CT molecular complexity index is 804. The Kier molecular flexibility index (Phi) is 3.64. The van der Waals surface area contributed by atoms with Gasteiger partial charge in [0, 0.05) is 5.02 Å². The molecule has 23 heavy (non-hydrogen) atoms. The van der Waals surface area contributed by atoms with Crippen LogP contribution in [0.15, 0.2) is 34.7 Å². The van der Waals surface area contributed by atoms with Crippen LogP contribution in [0, 0.1) is 12.7 Å². The quantitative estimate of drug-likeness (QED) is 0.874. The van der Waals surface area contributed by atoms with Gasteiger partial charge in [-0.2, -0.15) is 0 Å². The van der Waals surface area contributed by atoms with E-state index < -0.39 is 23.3 Å². The molecule has 1 aromatic heterocycles. The Labute approximate surface area is 137 Å². The molecule has 1 atom stereocenters. The van der Waals surface area contributed by atoms with Crippen LogP contribution >= 0.6 is 11.6 Å². The zero-order chi connectivity index (χ0) is 16.8. The summed E-state index contributed by atoms with van der Waals surface area (Å²) in [5, 5.41) is 2.80. The summed E-state index contributed by atoms with van der Waals surface area (Å²) >= 11 is 5.97. The van der Waals surface area contributed by atoms with Crippen LogP contribution < -0.4 is 5.32 Å². The van der Waals surface area contributed by atoms with Crippen molar-refractivity contribution in [1.82, 2.24) is 10.2 Å². The number of urea groups is 1. The summed E-state index contributed by atoms with van der Waals surface area (Å²) in [6.45, 7) is 3.29. The number of amides is 3. The fourth-order valence-corrected chi connectivity index (χ4v) is 2.76. The minimum absolute atomic E-state index is 0.0426. The predicted octanol–water partition coefficient (Wildman–Crippen LogP) is 3.35. The highest BCUT2D eigenvalue weighted by Gasteiger charge is 2.51. The van der Waals surface area contributed by atoms with Crippen LogP contribution in [-0.4, -0.2) is 16.8 Å². The minimum Gasteiger partial charge on any atom is -0.463 e. The Hall–Kier alpha value is -2.34. The molecule has 7 heteroatoms. The molecule has 2 heterocycles. The number of hydrogen-bond acceptors (Lipinski definition) is 3. The average Bonchev–Trinajstić information content (AvgIpc) is 3.00. The molecule has 1 fully saturated rings. The number of imide groups is 1. The molecule has 3 rings (SSSR count). The molecule has 1 aliphatic rings. The highest BCUT2D eigenvalue weighted by Crippen LogP contribution is 2.31. The molecule has 0 bridgehead atoms. The summed E-state index contributed by atoms with van der Waals surface area (Å²) in [7, 11) is 0. The first-order valence-corrected chi connectivity index (χ1v) is 7.34. The van der Waals surface area contributed by atoms with Crippen molar-refractivity contribution in [2.45, 2.75) is 25.9 Å². The Morgan fingerprint density at radius 3 is 2.65 bits per heavy atom. The Morgan fingerprint density at radius 1 is 1.30 bits per heavy atom. The first-order valence-electron chi connectivity index (χ1n) is 6.96. The van der Waals surface area contributed by atoms with E-state index in [-0.39, 0.29) is 11.6 Å². The number of hydrogen-bond donors (Lipinski definition) is 1. The highest BCUT2D eigenvalue weighted by molar-refractivity contribution is 6.31. The fraction of sp³-hybridized carbons (Fsp3) is 0.250. The van der Waals surface area contributed by atoms with Crippen molar-refractivity contribution in [3.8, 4) is 0 Å². The number of carbonyl (C=O) groups is 2. The van der Waals surface area contributed by atoms with E-state index in [0.29, 0.717) is 17.1 Å². The van der Waals surface area contributed by atoms with Crippen LogP contribution in [0.1, 0.15) is 24.0 Å². The lowest BCUT2D eigenvalue weighted by molar-refractivity contribution is -0.132. The second-order valence-corrected chi connectivity index (χ2v) is 6.00. The molecule has 1 unspecified atom stereocenters. The number of aryl methyl sites for hydroxylation is 1. The first kappa shape index (κ1) is 15.6. The monoisotopic (exact) mass is 336 g/mol. The molecule has 1 aromatic carbocycles. The van der Waals surface area contributed by atoms with Gasteiger partial charge in [0.05, 0.1) is 6.54 Å². The maximum atomic E-state index is 13.1. The lowest BCUT2D eigenvalue weighted by atomic mass is 9.99. The molecule has 5 nitrogen and oxygen atoms in total. The number of furan rings is 1. The molecule has 0 aliphatic carbocycles. The third kappa shape index (κ3) is 2.59. The van der Waals surface area contributed by atoms with Gasteiger partial charge < -0.3 is 9.73 Å². The van der Waals surface area contributed by atoms with E-state index in [1.54, 1.807) is 26.0 Å². The molecule has 0 saturated carbocycles. The van der Waals surface area contributed by atoms with E-state index in [0.717, 1.165) is 11.0 Å².